The number of anilines is 1. The van der Waals surface area contributed by atoms with Gasteiger partial charge < -0.3 is 15.2 Å². The number of ether oxygens (including phenoxy) is 2. The number of carbonyl (C=O) groups is 2. The maximum atomic E-state index is 11.6. The monoisotopic (exact) mass is 290 g/mol. The lowest BCUT2D eigenvalue weighted by atomic mass is 10.2. The Morgan fingerprint density at radius 1 is 1.33 bits per heavy atom. The summed E-state index contributed by atoms with van der Waals surface area (Å²) in [6.45, 7) is -0.0194. The van der Waals surface area contributed by atoms with Crippen molar-refractivity contribution < 1.29 is 19.1 Å². The summed E-state index contributed by atoms with van der Waals surface area (Å²) in [4.78, 5) is 26.8. The van der Waals surface area contributed by atoms with E-state index >= 15 is 0 Å². The Labute approximate surface area is 120 Å². The topological polar surface area (TPSA) is 109 Å². The molecule has 0 saturated carbocycles. The van der Waals surface area contributed by atoms with Gasteiger partial charge >= 0.3 is 11.9 Å². The maximum Gasteiger partial charge on any atom is 0.339 e. The van der Waals surface area contributed by atoms with Gasteiger partial charge in [-0.2, -0.15) is 5.10 Å². The molecule has 0 aromatic carbocycles. The largest absolute Gasteiger partial charge is 0.465 e. The van der Waals surface area contributed by atoms with Gasteiger partial charge in [-0.1, -0.05) is 0 Å². The van der Waals surface area contributed by atoms with E-state index in [2.05, 4.69) is 14.8 Å². The molecule has 0 amide bonds. The number of nitrogen functional groups attached to an aromatic ring is 1. The number of methoxy groups -OCH3 is 1. The van der Waals surface area contributed by atoms with Crippen LogP contribution in [0, 0.1) is 0 Å². The van der Waals surface area contributed by atoms with E-state index in [-0.39, 0.29) is 13.2 Å². The van der Waals surface area contributed by atoms with Gasteiger partial charge in [0.2, 0.25) is 0 Å². The highest BCUT2D eigenvalue weighted by molar-refractivity contribution is 5.88. The van der Waals surface area contributed by atoms with E-state index < -0.39 is 11.9 Å². The predicted octanol–water partition coefficient (Wildman–Crippen LogP) is 0.390. The first-order valence-electron chi connectivity index (χ1n) is 6.06. The first-order chi connectivity index (χ1) is 10.1. The molecule has 0 aliphatic rings. The van der Waals surface area contributed by atoms with Crippen LogP contribution in [-0.4, -0.2) is 33.8 Å². The Kier molecular flexibility index (Phi) is 4.50. The van der Waals surface area contributed by atoms with Crippen molar-refractivity contribution >= 4 is 17.8 Å². The van der Waals surface area contributed by atoms with Crippen molar-refractivity contribution in [3.05, 3.63) is 41.9 Å². The fourth-order valence-electron chi connectivity index (χ4n) is 1.55. The molecule has 21 heavy (non-hydrogen) atoms. The van der Waals surface area contributed by atoms with Gasteiger partial charge in [-0.15, -0.1) is 0 Å². The number of esters is 2. The summed E-state index contributed by atoms with van der Waals surface area (Å²) in [5, 5.41) is 3.87. The zero-order valence-electron chi connectivity index (χ0n) is 11.4. The van der Waals surface area contributed by atoms with Gasteiger partial charge in [-0.3, -0.25) is 14.5 Å². The summed E-state index contributed by atoms with van der Waals surface area (Å²) < 4.78 is 11.0. The van der Waals surface area contributed by atoms with Crippen LogP contribution in [0.1, 0.15) is 16.1 Å². The van der Waals surface area contributed by atoms with Crippen molar-refractivity contribution in [1.29, 1.82) is 0 Å². The third kappa shape index (κ3) is 4.03. The molecule has 0 aliphatic carbocycles. The van der Waals surface area contributed by atoms with Crippen LogP contribution in [0.25, 0.3) is 0 Å². The lowest BCUT2D eigenvalue weighted by molar-refractivity contribution is -0.146. The number of rotatable bonds is 5. The Bertz CT molecular complexity index is 636. The van der Waals surface area contributed by atoms with Crippen molar-refractivity contribution in [2.24, 2.45) is 0 Å². The molecule has 0 unspecified atom stereocenters. The van der Waals surface area contributed by atoms with Crippen molar-refractivity contribution in [2.75, 3.05) is 12.8 Å². The summed E-state index contributed by atoms with van der Waals surface area (Å²) in [7, 11) is 1.29. The molecular formula is C13H14N4O4. The normalized spacial score (nSPS) is 10.1. The first-order valence-corrected chi connectivity index (χ1v) is 6.06. The van der Waals surface area contributed by atoms with Gasteiger partial charge in [0.15, 0.2) is 0 Å². The number of carbonyl (C=O) groups excluding carboxylic acids is 2. The molecule has 0 spiro atoms. The Morgan fingerprint density at radius 3 is 2.71 bits per heavy atom. The standard InChI is InChI=1S/C13H14N4O4/c1-20-13(19)9-2-3-10(15-6-9)8-21-12(18)7-17-5-4-11(14)16-17/h2-6H,7-8H2,1H3,(H2,14,16). The molecule has 2 aromatic heterocycles. The number of hydrogen-bond acceptors (Lipinski definition) is 7. The van der Waals surface area contributed by atoms with E-state index in [1.54, 1.807) is 24.4 Å². The second-order valence-corrected chi connectivity index (χ2v) is 4.13. The molecule has 0 atom stereocenters. The Morgan fingerprint density at radius 2 is 2.14 bits per heavy atom. The fraction of sp³-hybridized carbons (Fsp3) is 0.231. The average Bonchev–Trinajstić information content (AvgIpc) is 2.90. The van der Waals surface area contributed by atoms with Crippen LogP contribution in [-0.2, 0) is 27.4 Å². The lowest BCUT2D eigenvalue weighted by Gasteiger charge is -2.05. The second-order valence-electron chi connectivity index (χ2n) is 4.13. The molecule has 8 heteroatoms. The van der Waals surface area contributed by atoms with Crippen LogP contribution >= 0.6 is 0 Å². The van der Waals surface area contributed by atoms with Crippen molar-refractivity contribution in [3.8, 4) is 0 Å². The minimum absolute atomic E-state index is 0.0109. The molecule has 0 fully saturated rings. The number of hydrogen-bond donors (Lipinski definition) is 1. The van der Waals surface area contributed by atoms with Gasteiger partial charge in [-0.25, -0.2) is 4.79 Å². The molecule has 110 valence electrons. The number of pyridine rings is 1. The predicted molar refractivity (Wildman–Crippen MR) is 72.0 cm³/mol. The highest BCUT2D eigenvalue weighted by Crippen LogP contribution is 2.04. The van der Waals surface area contributed by atoms with E-state index in [1.807, 2.05) is 0 Å². The Balaban J connectivity index is 1.85. The SMILES string of the molecule is COC(=O)c1ccc(COC(=O)Cn2ccc(N)n2)nc1. The van der Waals surface area contributed by atoms with Crippen LogP contribution in [0.2, 0.25) is 0 Å². The molecule has 2 heterocycles. The number of aromatic nitrogens is 3. The van der Waals surface area contributed by atoms with Crippen LogP contribution in [0.15, 0.2) is 30.6 Å². The van der Waals surface area contributed by atoms with Gasteiger partial charge in [-0.05, 0) is 18.2 Å². The highest BCUT2D eigenvalue weighted by Gasteiger charge is 2.08. The smallest absolute Gasteiger partial charge is 0.339 e. The third-order valence-electron chi connectivity index (χ3n) is 2.58. The van der Waals surface area contributed by atoms with E-state index in [1.165, 1.54) is 18.0 Å². The van der Waals surface area contributed by atoms with Crippen LogP contribution < -0.4 is 5.73 Å². The molecular weight excluding hydrogens is 276 g/mol. The molecule has 0 bridgehead atoms. The molecule has 8 nitrogen and oxygen atoms in total. The van der Waals surface area contributed by atoms with E-state index in [0.717, 1.165) is 0 Å². The van der Waals surface area contributed by atoms with Crippen molar-refractivity contribution in [2.45, 2.75) is 13.2 Å². The van der Waals surface area contributed by atoms with Crippen LogP contribution in [0.4, 0.5) is 5.82 Å². The molecule has 0 radical (unpaired) electrons. The minimum Gasteiger partial charge on any atom is -0.465 e. The zero-order valence-corrected chi connectivity index (χ0v) is 11.4. The highest BCUT2D eigenvalue weighted by atomic mass is 16.5. The van der Waals surface area contributed by atoms with Crippen LogP contribution in [0.3, 0.4) is 0 Å². The average molecular weight is 290 g/mol. The molecule has 2 rings (SSSR count). The van der Waals surface area contributed by atoms with Crippen molar-refractivity contribution in [1.82, 2.24) is 14.8 Å². The van der Waals surface area contributed by atoms with E-state index in [0.29, 0.717) is 17.1 Å². The number of nitrogens with zero attached hydrogens (tertiary/aromatic N) is 3. The fourth-order valence-corrected chi connectivity index (χ4v) is 1.55. The molecule has 2 aromatic rings. The van der Waals surface area contributed by atoms with E-state index in [4.69, 9.17) is 10.5 Å². The summed E-state index contributed by atoms with van der Waals surface area (Å²) in [6, 6.07) is 4.72. The van der Waals surface area contributed by atoms with Crippen LogP contribution in [0.5, 0.6) is 0 Å². The van der Waals surface area contributed by atoms with Gasteiger partial charge in [0, 0.05) is 12.4 Å². The first kappa shape index (κ1) is 14.5. The van der Waals surface area contributed by atoms with Gasteiger partial charge in [0.25, 0.3) is 0 Å². The number of nitrogens with two attached hydrogens (primary N) is 1. The molecule has 2 N–H and O–H groups in total. The summed E-state index contributed by atoms with van der Waals surface area (Å²) in [5.41, 5.74) is 6.29. The quantitative estimate of drug-likeness (QED) is 0.793. The summed E-state index contributed by atoms with van der Waals surface area (Å²) >= 11 is 0. The summed E-state index contributed by atoms with van der Waals surface area (Å²) in [5.74, 6) is -0.595. The zero-order chi connectivity index (χ0) is 15.2. The second kappa shape index (κ2) is 6.51. The maximum absolute atomic E-state index is 11.6. The Hall–Kier alpha value is -2.90. The lowest BCUT2D eigenvalue weighted by Crippen LogP contribution is -2.14. The van der Waals surface area contributed by atoms with Gasteiger partial charge in [0.1, 0.15) is 19.0 Å². The van der Waals surface area contributed by atoms with Crippen molar-refractivity contribution in [3.63, 3.8) is 0 Å². The minimum atomic E-state index is -0.470. The molecule has 0 saturated heterocycles. The third-order valence-corrected chi connectivity index (χ3v) is 2.58. The molecule has 0 aliphatic heterocycles. The summed E-state index contributed by atoms with van der Waals surface area (Å²) in [6.07, 6.45) is 2.95. The van der Waals surface area contributed by atoms with E-state index in [9.17, 15) is 9.59 Å². The van der Waals surface area contributed by atoms with Gasteiger partial charge in [0.05, 0.1) is 18.4 Å².